The molecule has 1 aliphatic heterocycles. The van der Waals surface area contributed by atoms with Crippen LogP contribution in [0.4, 0.5) is 0 Å². The molecule has 1 atom stereocenters. The second-order valence-corrected chi connectivity index (χ2v) is 5.53. The van der Waals surface area contributed by atoms with Gasteiger partial charge in [-0.25, -0.2) is 0 Å². The van der Waals surface area contributed by atoms with Crippen molar-refractivity contribution in [2.75, 3.05) is 13.2 Å². The number of amides is 1. The summed E-state index contributed by atoms with van der Waals surface area (Å²) < 4.78 is 5.58. The van der Waals surface area contributed by atoms with Crippen LogP contribution in [0.15, 0.2) is 12.1 Å². The van der Waals surface area contributed by atoms with E-state index in [0.717, 1.165) is 43.8 Å². The Balaban J connectivity index is 1.66. The molecule has 0 spiro atoms. The zero-order chi connectivity index (χ0) is 14.4. The van der Waals surface area contributed by atoms with Crippen molar-refractivity contribution < 1.29 is 9.53 Å². The SMILES string of the molecule is Cc1cc(C(=O)NCCCCC2CCCO2)cc(C)n1. The van der Waals surface area contributed by atoms with Crippen LogP contribution in [0.25, 0.3) is 0 Å². The van der Waals surface area contributed by atoms with Crippen LogP contribution in [-0.4, -0.2) is 30.1 Å². The molecular weight excluding hydrogens is 252 g/mol. The molecule has 1 amide bonds. The number of aryl methyl sites for hydroxylation is 2. The first kappa shape index (κ1) is 15.0. The summed E-state index contributed by atoms with van der Waals surface area (Å²) in [6.07, 6.45) is 6.08. The van der Waals surface area contributed by atoms with Crippen molar-refractivity contribution in [2.24, 2.45) is 0 Å². The molecule has 1 fully saturated rings. The Hall–Kier alpha value is -1.42. The van der Waals surface area contributed by atoms with Gasteiger partial charge >= 0.3 is 0 Å². The summed E-state index contributed by atoms with van der Waals surface area (Å²) in [5.74, 6) is -0.00397. The van der Waals surface area contributed by atoms with Crippen LogP contribution < -0.4 is 5.32 Å². The lowest BCUT2D eigenvalue weighted by atomic mass is 10.1. The number of hydrogen-bond donors (Lipinski definition) is 1. The van der Waals surface area contributed by atoms with E-state index in [4.69, 9.17) is 4.74 Å². The highest BCUT2D eigenvalue weighted by Crippen LogP contribution is 2.17. The van der Waals surface area contributed by atoms with Crippen LogP contribution >= 0.6 is 0 Å². The molecule has 2 rings (SSSR count). The largest absolute Gasteiger partial charge is 0.378 e. The highest BCUT2D eigenvalue weighted by atomic mass is 16.5. The smallest absolute Gasteiger partial charge is 0.251 e. The molecule has 2 heterocycles. The Labute approximate surface area is 120 Å². The molecular formula is C16H24N2O2. The number of carbonyl (C=O) groups excluding carboxylic acids is 1. The second kappa shape index (κ2) is 7.39. The van der Waals surface area contributed by atoms with Crippen LogP contribution in [0.2, 0.25) is 0 Å². The van der Waals surface area contributed by atoms with Gasteiger partial charge in [0, 0.05) is 30.1 Å². The summed E-state index contributed by atoms with van der Waals surface area (Å²) in [7, 11) is 0. The third kappa shape index (κ3) is 4.60. The number of unbranched alkanes of at least 4 members (excludes halogenated alkanes) is 1. The van der Waals surface area contributed by atoms with E-state index < -0.39 is 0 Å². The van der Waals surface area contributed by atoms with Crippen LogP contribution in [0.5, 0.6) is 0 Å². The van der Waals surface area contributed by atoms with Crippen molar-refractivity contribution in [3.8, 4) is 0 Å². The van der Waals surface area contributed by atoms with E-state index >= 15 is 0 Å². The van der Waals surface area contributed by atoms with Crippen molar-refractivity contribution in [2.45, 2.75) is 52.1 Å². The molecule has 1 aromatic rings. The fraction of sp³-hybridized carbons (Fsp3) is 0.625. The number of aromatic nitrogens is 1. The minimum absolute atomic E-state index is 0.00397. The normalized spacial score (nSPS) is 18.2. The number of pyridine rings is 1. The Morgan fingerprint density at radius 1 is 1.35 bits per heavy atom. The van der Waals surface area contributed by atoms with Gasteiger partial charge in [0.2, 0.25) is 0 Å². The van der Waals surface area contributed by atoms with Gasteiger partial charge in [-0.05, 0) is 58.1 Å². The Morgan fingerprint density at radius 2 is 2.10 bits per heavy atom. The van der Waals surface area contributed by atoms with Gasteiger partial charge in [-0.15, -0.1) is 0 Å². The second-order valence-electron chi connectivity index (χ2n) is 5.53. The van der Waals surface area contributed by atoms with Crippen molar-refractivity contribution in [1.29, 1.82) is 0 Å². The zero-order valence-corrected chi connectivity index (χ0v) is 12.4. The molecule has 1 saturated heterocycles. The topological polar surface area (TPSA) is 51.2 Å². The monoisotopic (exact) mass is 276 g/mol. The summed E-state index contributed by atoms with van der Waals surface area (Å²) in [4.78, 5) is 16.3. The number of ether oxygens (including phenoxy) is 1. The van der Waals surface area contributed by atoms with Crippen LogP contribution in [-0.2, 0) is 4.74 Å². The van der Waals surface area contributed by atoms with Gasteiger partial charge < -0.3 is 10.1 Å². The average Bonchev–Trinajstić information content (AvgIpc) is 2.90. The van der Waals surface area contributed by atoms with Gasteiger partial charge in [0.15, 0.2) is 0 Å². The summed E-state index contributed by atoms with van der Waals surface area (Å²) in [5, 5.41) is 2.97. The fourth-order valence-electron chi connectivity index (χ4n) is 2.64. The predicted octanol–water partition coefficient (Wildman–Crippen LogP) is 2.78. The van der Waals surface area contributed by atoms with E-state index in [1.807, 2.05) is 26.0 Å². The van der Waals surface area contributed by atoms with Crippen molar-refractivity contribution in [3.63, 3.8) is 0 Å². The average molecular weight is 276 g/mol. The Bertz CT molecular complexity index is 434. The van der Waals surface area contributed by atoms with Crippen molar-refractivity contribution >= 4 is 5.91 Å². The van der Waals surface area contributed by atoms with Crippen molar-refractivity contribution in [1.82, 2.24) is 10.3 Å². The van der Waals surface area contributed by atoms with Crippen LogP contribution in [0.3, 0.4) is 0 Å². The summed E-state index contributed by atoms with van der Waals surface area (Å²) >= 11 is 0. The number of rotatable bonds is 6. The molecule has 4 nitrogen and oxygen atoms in total. The molecule has 4 heteroatoms. The highest BCUT2D eigenvalue weighted by Gasteiger charge is 2.14. The number of nitrogens with one attached hydrogen (secondary N) is 1. The first-order chi connectivity index (χ1) is 9.65. The summed E-state index contributed by atoms with van der Waals surface area (Å²) in [5.41, 5.74) is 2.47. The lowest BCUT2D eigenvalue weighted by Crippen LogP contribution is -2.25. The van der Waals surface area contributed by atoms with E-state index in [1.54, 1.807) is 0 Å². The maximum atomic E-state index is 12.0. The standard InChI is InChI=1S/C16H24N2O2/c1-12-10-14(11-13(2)18-12)16(19)17-8-4-3-6-15-7-5-9-20-15/h10-11,15H,3-9H2,1-2H3,(H,17,19). The van der Waals surface area contributed by atoms with Gasteiger partial charge in [0.05, 0.1) is 6.10 Å². The first-order valence-electron chi connectivity index (χ1n) is 7.50. The third-order valence-corrected chi connectivity index (χ3v) is 3.61. The maximum Gasteiger partial charge on any atom is 0.251 e. The zero-order valence-electron chi connectivity index (χ0n) is 12.4. The van der Waals surface area contributed by atoms with Crippen LogP contribution in [0, 0.1) is 13.8 Å². The van der Waals surface area contributed by atoms with Gasteiger partial charge in [-0.2, -0.15) is 0 Å². The Morgan fingerprint density at radius 3 is 2.75 bits per heavy atom. The van der Waals surface area contributed by atoms with E-state index in [-0.39, 0.29) is 5.91 Å². The summed E-state index contributed by atoms with van der Waals surface area (Å²) in [6, 6.07) is 3.66. The predicted molar refractivity (Wildman–Crippen MR) is 78.9 cm³/mol. The van der Waals surface area contributed by atoms with Gasteiger partial charge in [-0.3, -0.25) is 9.78 Å². The Kier molecular flexibility index (Phi) is 5.53. The van der Waals surface area contributed by atoms with E-state index in [1.165, 1.54) is 12.8 Å². The van der Waals surface area contributed by atoms with Gasteiger partial charge in [0.1, 0.15) is 0 Å². The molecule has 20 heavy (non-hydrogen) atoms. The fourth-order valence-corrected chi connectivity index (χ4v) is 2.64. The third-order valence-electron chi connectivity index (χ3n) is 3.61. The van der Waals surface area contributed by atoms with Gasteiger partial charge in [0.25, 0.3) is 5.91 Å². The maximum absolute atomic E-state index is 12.0. The molecule has 1 aliphatic rings. The number of carbonyl (C=O) groups is 1. The molecule has 1 unspecified atom stereocenters. The molecule has 0 aliphatic carbocycles. The van der Waals surface area contributed by atoms with E-state index in [0.29, 0.717) is 11.7 Å². The number of hydrogen-bond acceptors (Lipinski definition) is 3. The van der Waals surface area contributed by atoms with E-state index in [2.05, 4.69) is 10.3 Å². The summed E-state index contributed by atoms with van der Waals surface area (Å²) in [6.45, 7) is 5.46. The van der Waals surface area contributed by atoms with Crippen molar-refractivity contribution in [3.05, 3.63) is 29.1 Å². The molecule has 0 aromatic carbocycles. The minimum atomic E-state index is -0.00397. The lowest BCUT2D eigenvalue weighted by Gasteiger charge is -2.09. The molecule has 1 aromatic heterocycles. The van der Waals surface area contributed by atoms with Crippen LogP contribution in [0.1, 0.15) is 53.8 Å². The quantitative estimate of drug-likeness (QED) is 0.813. The lowest BCUT2D eigenvalue weighted by molar-refractivity contribution is 0.0947. The van der Waals surface area contributed by atoms with Gasteiger partial charge in [-0.1, -0.05) is 0 Å². The highest BCUT2D eigenvalue weighted by molar-refractivity contribution is 5.94. The molecule has 0 bridgehead atoms. The molecule has 0 saturated carbocycles. The van der Waals surface area contributed by atoms with E-state index in [9.17, 15) is 4.79 Å². The number of nitrogens with zero attached hydrogens (tertiary/aromatic N) is 1. The molecule has 0 radical (unpaired) electrons. The minimum Gasteiger partial charge on any atom is -0.378 e. The first-order valence-corrected chi connectivity index (χ1v) is 7.50. The molecule has 110 valence electrons. The molecule has 1 N–H and O–H groups in total.